The van der Waals surface area contributed by atoms with Crippen LogP contribution in [0, 0.1) is 11.8 Å². The van der Waals surface area contributed by atoms with Gasteiger partial charge in [0.2, 0.25) is 0 Å². The van der Waals surface area contributed by atoms with Crippen LogP contribution in [0.1, 0.15) is 40.5 Å². The monoisotopic (exact) mass is 404 g/mol. The topological polar surface area (TPSA) is 62.1 Å². The fourth-order valence-electron chi connectivity index (χ4n) is 2.74. The highest BCUT2D eigenvalue weighted by molar-refractivity contribution is 9.11. The summed E-state index contributed by atoms with van der Waals surface area (Å²) >= 11 is 5.37. The number of carbonyl (C=O) groups is 1. The Labute approximate surface area is 150 Å². The van der Waals surface area contributed by atoms with Gasteiger partial charge < -0.3 is 14.8 Å². The van der Waals surface area contributed by atoms with Crippen LogP contribution in [0.4, 0.5) is 4.79 Å². The number of likely N-dealkylation sites (tertiary alicyclic amines) is 1. The number of hydrogen-bond donors (Lipinski definition) is 1. The number of allylic oxidation sites excluding steroid dienone is 2. The standard InChI is InChI=1S/C16H25BrN2O3S/c1-10-9-23-14(12(10)17)13(18-21)11-5-7-19(8-6-11)15(20)22-16(2,3)4/h10-11,21H,5-9H2,1-4H3/b18-13+. The lowest BCUT2D eigenvalue weighted by molar-refractivity contribution is 0.0201. The highest BCUT2D eigenvalue weighted by atomic mass is 79.9. The van der Waals surface area contributed by atoms with E-state index in [9.17, 15) is 10.0 Å². The van der Waals surface area contributed by atoms with Gasteiger partial charge in [-0.15, -0.1) is 11.8 Å². The summed E-state index contributed by atoms with van der Waals surface area (Å²) in [5.74, 6) is 1.64. The van der Waals surface area contributed by atoms with E-state index in [1.165, 1.54) is 0 Å². The van der Waals surface area contributed by atoms with Gasteiger partial charge in [0, 0.05) is 34.1 Å². The Bertz CT molecular complexity index is 520. The number of carbonyl (C=O) groups excluding carboxylic acids is 1. The Kier molecular flexibility index (Phi) is 6.05. The summed E-state index contributed by atoms with van der Waals surface area (Å²) in [6.45, 7) is 9.03. The molecule has 130 valence electrons. The van der Waals surface area contributed by atoms with E-state index in [0.717, 1.165) is 33.7 Å². The number of rotatable bonds is 2. The SMILES string of the molecule is CC1CSC(/C(=N/O)C2CCN(C(=O)OC(C)(C)C)CC2)=C1Br. The van der Waals surface area contributed by atoms with Gasteiger partial charge in [0.05, 0.1) is 5.71 Å². The maximum Gasteiger partial charge on any atom is 0.410 e. The van der Waals surface area contributed by atoms with Crippen molar-refractivity contribution in [1.29, 1.82) is 0 Å². The van der Waals surface area contributed by atoms with Crippen molar-refractivity contribution in [1.82, 2.24) is 4.90 Å². The second-order valence-electron chi connectivity index (χ2n) is 7.12. The van der Waals surface area contributed by atoms with E-state index in [1.807, 2.05) is 20.8 Å². The highest BCUT2D eigenvalue weighted by Gasteiger charge is 2.33. The molecule has 5 nitrogen and oxygen atoms in total. The van der Waals surface area contributed by atoms with Crippen molar-refractivity contribution in [2.45, 2.75) is 46.1 Å². The molecule has 1 amide bonds. The number of thioether (sulfide) groups is 1. The van der Waals surface area contributed by atoms with Crippen molar-refractivity contribution in [3.63, 3.8) is 0 Å². The van der Waals surface area contributed by atoms with E-state index >= 15 is 0 Å². The highest BCUT2D eigenvalue weighted by Crippen LogP contribution is 2.42. The zero-order valence-electron chi connectivity index (χ0n) is 14.1. The molecule has 7 heteroatoms. The van der Waals surface area contributed by atoms with Crippen molar-refractivity contribution >= 4 is 39.5 Å². The average molecular weight is 405 g/mol. The molecule has 1 N–H and O–H groups in total. The van der Waals surface area contributed by atoms with Gasteiger partial charge in [0.1, 0.15) is 5.60 Å². The van der Waals surface area contributed by atoms with Gasteiger partial charge >= 0.3 is 6.09 Å². The quantitative estimate of drug-likeness (QED) is 0.419. The minimum atomic E-state index is -0.474. The molecule has 2 heterocycles. The van der Waals surface area contributed by atoms with Crippen molar-refractivity contribution in [2.24, 2.45) is 17.0 Å². The number of hydrogen-bond acceptors (Lipinski definition) is 5. The second kappa shape index (κ2) is 7.47. The van der Waals surface area contributed by atoms with Gasteiger partial charge in [0.25, 0.3) is 0 Å². The number of nitrogens with zero attached hydrogens (tertiary/aromatic N) is 2. The van der Waals surface area contributed by atoms with Gasteiger partial charge in [-0.2, -0.15) is 0 Å². The third kappa shape index (κ3) is 4.66. The fourth-order valence-corrected chi connectivity index (χ4v) is 4.95. The molecular weight excluding hydrogens is 380 g/mol. The van der Waals surface area contributed by atoms with Crippen LogP contribution in [-0.4, -0.2) is 46.4 Å². The Balaban J connectivity index is 1.97. The van der Waals surface area contributed by atoms with Gasteiger partial charge in [0.15, 0.2) is 0 Å². The molecule has 1 atom stereocenters. The van der Waals surface area contributed by atoms with Crippen molar-refractivity contribution in [3.8, 4) is 0 Å². The van der Waals surface area contributed by atoms with Crippen LogP contribution < -0.4 is 0 Å². The normalized spacial score (nSPS) is 24.3. The number of amides is 1. The zero-order valence-corrected chi connectivity index (χ0v) is 16.5. The summed E-state index contributed by atoms with van der Waals surface area (Å²) in [4.78, 5) is 14.9. The molecule has 0 aliphatic carbocycles. The molecule has 2 rings (SSSR count). The first kappa shape index (κ1) is 18.6. The molecule has 0 bridgehead atoms. The fraction of sp³-hybridized carbons (Fsp3) is 0.750. The molecule has 0 radical (unpaired) electrons. The molecular formula is C16H25BrN2O3S. The van der Waals surface area contributed by atoms with Crippen LogP contribution in [0.5, 0.6) is 0 Å². The molecule has 1 saturated heterocycles. The molecule has 1 fully saturated rings. The number of halogens is 1. The first-order valence-electron chi connectivity index (χ1n) is 7.95. The van der Waals surface area contributed by atoms with Crippen molar-refractivity contribution in [3.05, 3.63) is 9.39 Å². The molecule has 23 heavy (non-hydrogen) atoms. The van der Waals surface area contributed by atoms with Crippen LogP contribution >= 0.6 is 27.7 Å². The lowest BCUT2D eigenvalue weighted by Gasteiger charge is -2.33. The molecule has 0 aromatic heterocycles. The Morgan fingerprint density at radius 2 is 2.00 bits per heavy atom. The summed E-state index contributed by atoms with van der Waals surface area (Å²) in [6.07, 6.45) is 1.32. The van der Waals surface area contributed by atoms with Gasteiger partial charge in [-0.1, -0.05) is 28.0 Å². The summed E-state index contributed by atoms with van der Waals surface area (Å²) in [6, 6.07) is 0. The second-order valence-corrected chi connectivity index (χ2v) is 9.00. The van der Waals surface area contributed by atoms with Crippen LogP contribution in [0.25, 0.3) is 0 Å². The van der Waals surface area contributed by atoms with E-state index in [2.05, 4.69) is 28.0 Å². The Morgan fingerprint density at radius 3 is 2.43 bits per heavy atom. The molecule has 1 unspecified atom stereocenters. The number of oxime groups is 1. The first-order chi connectivity index (χ1) is 10.7. The minimum absolute atomic E-state index is 0.180. The van der Waals surface area contributed by atoms with E-state index < -0.39 is 5.60 Å². The predicted molar refractivity (Wildman–Crippen MR) is 97.3 cm³/mol. The van der Waals surface area contributed by atoms with E-state index in [-0.39, 0.29) is 12.0 Å². The predicted octanol–water partition coefficient (Wildman–Crippen LogP) is 4.45. The smallest absolute Gasteiger partial charge is 0.410 e. The maximum atomic E-state index is 12.1. The molecule has 0 spiro atoms. The number of piperidine rings is 1. The third-order valence-electron chi connectivity index (χ3n) is 4.00. The maximum absolute atomic E-state index is 12.1. The molecule has 0 aromatic rings. The Hall–Kier alpha value is -0.690. The number of ether oxygens (including phenoxy) is 1. The van der Waals surface area contributed by atoms with Gasteiger partial charge in [-0.3, -0.25) is 0 Å². The largest absolute Gasteiger partial charge is 0.444 e. The van der Waals surface area contributed by atoms with Gasteiger partial charge in [-0.05, 0) is 39.5 Å². The molecule has 0 aromatic carbocycles. The summed E-state index contributed by atoms with van der Waals surface area (Å²) in [5.41, 5.74) is 0.285. The average Bonchev–Trinajstić information content (AvgIpc) is 2.79. The van der Waals surface area contributed by atoms with Crippen molar-refractivity contribution < 1.29 is 14.7 Å². The van der Waals surface area contributed by atoms with Crippen molar-refractivity contribution in [2.75, 3.05) is 18.8 Å². The van der Waals surface area contributed by atoms with Crippen LogP contribution in [0.15, 0.2) is 14.5 Å². The molecule has 2 aliphatic heterocycles. The lowest BCUT2D eigenvalue weighted by Crippen LogP contribution is -2.43. The molecule has 2 aliphatic rings. The molecule has 0 saturated carbocycles. The van der Waals surface area contributed by atoms with E-state index in [0.29, 0.717) is 19.0 Å². The lowest BCUT2D eigenvalue weighted by atomic mass is 9.91. The van der Waals surface area contributed by atoms with Crippen LogP contribution in [-0.2, 0) is 4.74 Å². The van der Waals surface area contributed by atoms with Crippen LogP contribution in [0.2, 0.25) is 0 Å². The van der Waals surface area contributed by atoms with Crippen LogP contribution in [0.3, 0.4) is 0 Å². The first-order valence-corrected chi connectivity index (χ1v) is 9.73. The summed E-state index contributed by atoms with van der Waals surface area (Å²) < 4.78 is 6.55. The third-order valence-corrected chi connectivity index (χ3v) is 6.83. The van der Waals surface area contributed by atoms with E-state index in [1.54, 1.807) is 16.7 Å². The Morgan fingerprint density at radius 1 is 1.39 bits per heavy atom. The van der Waals surface area contributed by atoms with E-state index in [4.69, 9.17) is 4.74 Å². The zero-order chi connectivity index (χ0) is 17.2. The summed E-state index contributed by atoms with van der Waals surface area (Å²) in [7, 11) is 0. The summed E-state index contributed by atoms with van der Waals surface area (Å²) in [5, 5.41) is 13.1. The van der Waals surface area contributed by atoms with Gasteiger partial charge in [-0.25, -0.2) is 4.79 Å². The minimum Gasteiger partial charge on any atom is -0.444 e.